The van der Waals surface area contributed by atoms with Gasteiger partial charge in [0.1, 0.15) is 0 Å². The summed E-state index contributed by atoms with van der Waals surface area (Å²) >= 11 is 0. The van der Waals surface area contributed by atoms with Crippen molar-refractivity contribution in [1.82, 2.24) is 14.4 Å². The van der Waals surface area contributed by atoms with Crippen LogP contribution in [-0.2, 0) is 5.41 Å². The standard InChI is InChI=1S/C54H45N3/c1-54(2,3)48-31-40(50-32-52-47(33-56-50)45-19-12-18-44-43-15-7-8-21-51(43)57(52)53(44)45)30-46-41(16-11-17-42(46)48)38-27-37(28-39(29-38)49-20-9-10-26-55-49)36-24-22-35(23-25-36)34-13-5-4-6-14-34/h7-12,15-34H,4-6,13-14H2,1-3H3. The van der Waals surface area contributed by atoms with Crippen molar-refractivity contribution in [1.29, 1.82) is 0 Å². The lowest BCUT2D eigenvalue weighted by molar-refractivity contribution is 0.443. The zero-order valence-electron chi connectivity index (χ0n) is 32.9. The third-order valence-electron chi connectivity index (χ3n) is 12.7. The van der Waals surface area contributed by atoms with Crippen molar-refractivity contribution >= 4 is 48.9 Å². The van der Waals surface area contributed by atoms with Crippen LogP contribution in [-0.4, -0.2) is 14.4 Å². The molecule has 3 nitrogen and oxygen atoms in total. The van der Waals surface area contributed by atoms with Gasteiger partial charge < -0.3 is 4.40 Å². The number of pyridine rings is 2. The van der Waals surface area contributed by atoms with Crippen LogP contribution in [0.25, 0.3) is 93.6 Å². The molecule has 3 heteroatoms. The van der Waals surface area contributed by atoms with Crippen LogP contribution in [0.4, 0.5) is 0 Å². The van der Waals surface area contributed by atoms with Gasteiger partial charge in [-0.1, -0.05) is 125 Å². The van der Waals surface area contributed by atoms with Crippen molar-refractivity contribution in [3.63, 3.8) is 0 Å². The monoisotopic (exact) mass is 735 g/mol. The first-order chi connectivity index (χ1) is 27.9. The molecule has 0 unspecified atom stereocenters. The molecule has 4 aromatic heterocycles. The van der Waals surface area contributed by atoms with Crippen LogP contribution in [0.2, 0.25) is 0 Å². The predicted octanol–water partition coefficient (Wildman–Crippen LogP) is 14.8. The molecule has 0 amide bonds. The van der Waals surface area contributed by atoms with E-state index >= 15 is 0 Å². The van der Waals surface area contributed by atoms with Crippen molar-refractivity contribution in [2.45, 2.75) is 64.2 Å². The second-order valence-corrected chi connectivity index (χ2v) is 17.3. The van der Waals surface area contributed by atoms with Crippen LogP contribution >= 0.6 is 0 Å². The van der Waals surface area contributed by atoms with Crippen molar-refractivity contribution < 1.29 is 0 Å². The smallest absolute Gasteiger partial charge is 0.0723 e. The minimum Gasteiger partial charge on any atom is -0.308 e. The molecule has 4 heterocycles. The third kappa shape index (κ3) is 5.63. The van der Waals surface area contributed by atoms with Gasteiger partial charge in [-0.25, -0.2) is 0 Å². The molecule has 57 heavy (non-hydrogen) atoms. The number of rotatable bonds is 5. The Morgan fingerprint density at radius 2 is 1.19 bits per heavy atom. The van der Waals surface area contributed by atoms with Crippen molar-refractivity contribution in [2.75, 3.05) is 0 Å². The highest BCUT2D eigenvalue weighted by atomic mass is 14.9. The number of hydrogen-bond acceptors (Lipinski definition) is 2. The first kappa shape index (κ1) is 34.0. The number of nitrogens with zero attached hydrogens (tertiary/aromatic N) is 3. The molecule has 6 aromatic carbocycles. The molecule has 0 atom stereocenters. The SMILES string of the molecule is CC(C)(C)c1cc(-c2cc3c(cn2)c2cccc4c5ccccc5n3c42)cc2c(-c3cc(-c4ccc(C5CCCCC5)cc4)cc(-c4ccccn4)c3)cccc12. The largest absolute Gasteiger partial charge is 0.308 e. The lowest BCUT2D eigenvalue weighted by Crippen LogP contribution is -2.12. The number of para-hydroxylation sites is 2. The van der Waals surface area contributed by atoms with Crippen LogP contribution in [0.5, 0.6) is 0 Å². The van der Waals surface area contributed by atoms with Crippen LogP contribution in [0.3, 0.4) is 0 Å². The van der Waals surface area contributed by atoms with Gasteiger partial charge in [-0.3, -0.25) is 9.97 Å². The first-order valence-electron chi connectivity index (χ1n) is 20.7. The Hall–Kier alpha value is -6.32. The van der Waals surface area contributed by atoms with E-state index in [1.165, 1.54) is 114 Å². The van der Waals surface area contributed by atoms with Crippen LogP contribution < -0.4 is 0 Å². The van der Waals surface area contributed by atoms with E-state index in [2.05, 4.69) is 165 Å². The number of benzene rings is 6. The lowest BCUT2D eigenvalue weighted by atomic mass is 9.80. The minimum absolute atomic E-state index is 0.0936. The van der Waals surface area contributed by atoms with E-state index in [4.69, 9.17) is 9.97 Å². The molecule has 1 fully saturated rings. The van der Waals surface area contributed by atoms with E-state index in [0.717, 1.165) is 22.5 Å². The van der Waals surface area contributed by atoms with Crippen LogP contribution in [0.15, 0.2) is 152 Å². The Balaban J connectivity index is 1.11. The molecule has 0 radical (unpaired) electrons. The summed E-state index contributed by atoms with van der Waals surface area (Å²) in [5.41, 5.74) is 15.5. The van der Waals surface area contributed by atoms with Gasteiger partial charge in [0.2, 0.25) is 0 Å². The maximum Gasteiger partial charge on any atom is 0.0723 e. The Morgan fingerprint density at radius 1 is 0.491 bits per heavy atom. The molecule has 1 aliphatic rings. The summed E-state index contributed by atoms with van der Waals surface area (Å²) in [6.45, 7) is 6.97. The van der Waals surface area contributed by atoms with Crippen LogP contribution in [0.1, 0.15) is 69.9 Å². The van der Waals surface area contributed by atoms with Gasteiger partial charge in [-0.15, -0.1) is 0 Å². The topological polar surface area (TPSA) is 30.2 Å². The van der Waals surface area contributed by atoms with E-state index in [-0.39, 0.29) is 5.41 Å². The molecule has 0 aliphatic heterocycles. The normalized spacial score (nSPS) is 14.2. The van der Waals surface area contributed by atoms with Gasteiger partial charge in [-0.2, -0.15) is 0 Å². The Morgan fingerprint density at radius 3 is 2.00 bits per heavy atom. The molecule has 0 spiro atoms. The molecular weight excluding hydrogens is 691 g/mol. The predicted molar refractivity (Wildman–Crippen MR) is 240 cm³/mol. The Bertz CT molecular complexity index is 3120. The van der Waals surface area contributed by atoms with Crippen molar-refractivity contribution in [2.24, 2.45) is 0 Å². The highest BCUT2D eigenvalue weighted by Crippen LogP contribution is 2.43. The van der Waals surface area contributed by atoms with Gasteiger partial charge in [0, 0.05) is 45.1 Å². The molecule has 0 N–H and O–H groups in total. The molecular formula is C54H45N3. The van der Waals surface area contributed by atoms with E-state index in [1.54, 1.807) is 0 Å². The molecule has 0 bridgehead atoms. The van der Waals surface area contributed by atoms with Gasteiger partial charge in [0.15, 0.2) is 0 Å². The molecule has 276 valence electrons. The van der Waals surface area contributed by atoms with Gasteiger partial charge >= 0.3 is 0 Å². The van der Waals surface area contributed by atoms with E-state index in [9.17, 15) is 0 Å². The fraction of sp³-hybridized carbons (Fsp3) is 0.185. The summed E-state index contributed by atoms with van der Waals surface area (Å²) < 4.78 is 2.45. The summed E-state index contributed by atoms with van der Waals surface area (Å²) in [5, 5.41) is 7.53. The summed E-state index contributed by atoms with van der Waals surface area (Å²) in [6, 6.07) is 52.0. The zero-order valence-corrected chi connectivity index (χ0v) is 32.9. The first-order valence-corrected chi connectivity index (χ1v) is 20.7. The zero-order chi connectivity index (χ0) is 38.3. The van der Waals surface area contributed by atoms with E-state index < -0.39 is 0 Å². The number of hydrogen-bond donors (Lipinski definition) is 0. The molecule has 0 saturated heterocycles. The van der Waals surface area contributed by atoms with E-state index in [0.29, 0.717) is 5.92 Å². The number of fused-ring (bicyclic) bond motifs is 7. The summed E-state index contributed by atoms with van der Waals surface area (Å²) in [4.78, 5) is 10.0. The molecule has 10 aromatic rings. The lowest BCUT2D eigenvalue weighted by Gasteiger charge is -2.24. The van der Waals surface area contributed by atoms with Crippen LogP contribution in [0, 0.1) is 0 Å². The summed E-state index contributed by atoms with van der Waals surface area (Å²) in [6.07, 6.45) is 10.7. The van der Waals surface area contributed by atoms with E-state index in [1.807, 2.05) is 12.3 Å². The second kappa shape index (κ2) is 13.1. The van der Waals surface area contributed by atoms with Gasteiger partial charge in [0.25, 0.3) is 0 Å². The summed E-state index contributed by atoms with van der Waals surface area (Å²) in [5.74, 6) is 0.684. The maximum absolute atomic E-state index is 5.21. The summed E-state index contributed by atoms with van der Waals surface area (Å²) in [7, 11) is 0. The average molecular weight is 736 g/mol. The maximum atomic E-state index is 5.21. The minimum atomic E-state index is -0.0936. The molecule has 11 rings (SSSR count). The van der Waals surface area contributed by atoms with Crippen molar-refractivity contribution in [3.05, 3.63) is 163 Å². The Labute approximate surface area is 334 Å². The fourth-order valence-corrected chi connectivity index (χ4v) is 9.90. The van der Waals surface area contributed by atoms with Gasteiger partial charge in [-0.05, 0) is 123 Å². The molecule has 1 saturated carbocycles. The molecule has 1 aliphatic carbocycles. The quantitative estimate of drug-likeness (QED) is 0.176. The van der Waals surface area contributed by atoms with Gasteiger partial charge in [0.05, 0.1) is 27.9 Å². The fourth-order valence-electron chi connectivity index (χ4n) is 9.90. The van der Waals surface area contributed by atoms with Crippen molar-refractivity contribution in [3.8, 4) is 44.8 Å². The average Bonchev–Trinajstić information content (AvgIpc) is 3.78. The Kier molecular flexibility index (Phi) is 7.83. The second-order valence-electron chi connectivity index (χ2n) is 17.3. The number of aromatic nitrogens is 3. The highest BCUT2D eigenvalue weighted by Gasteiger charge is 2.23. The third-order valence-corrected chi connectivity index (χ3v) is 12.7. The highest BCUT2D eigenvalue weighted by molar-refractivity contribution is 6.23.